The maximum atomic E-state index is 13.2. The van der Waals surface area contributed by atoms with Crippen LogP contribution in [0.3, 0.4) is 0 Å². The molecule has 85 heavy (non-hydrogen) atoms. The van der Waals surface area contributed by atoms with Crippen LogP contribution in [0.5, 0.6) is 0 Å². The predicted octanol–water partition coefficient (Wildman–Crippen LogP) is 3.88. The largest absolute Gasteiger partial charge is 1.00 e. The second-order valence-corrected chi connectivity index (χ2v) is 21.5. The van der Waals surface area contributed by atoms with Crippen LogP contribution in [0.1, 0.15) is 48.6 Å². The van der Waals surface area contributed by atoms with Gasteiger partial charge in [0, 0.05) is 69.5 Å². The minimum atomic E-state index is -5.06. The summed E-state index contributed by atoms with van der Waals surface area (Å²) >= 11 is 0. The first kappa shape index (κ1) is 68.3. The Morgan fingerprint density at radius 1 is 0.588 bits per heavy atom. The first-order valence-corrected chi connectivity index (χ1v) is 28.7. The van der Waals surface area contributed by atoms with Gasteiger partial charge in [0.25, 0.3) is 0 Å². The zero-order valence-electron chi connectivity index (χ0n) is 48.8. The van der Waals surface area contributed by atoms with Gasteiger partial charge in [0.15, 0.2) is 0 Å². The number of fused-ring (bicyclic) bond motifs is 2. The molecule has 25 heteroatoms. The number of carbonyl (C=O) groups is 3. The van der Waals surface area contributed by atoms with Crippen molar-refractivity contribution in [2.24, 2.45) is 0 Å². The summed E-state index contributed by atoms with van der Waals surface area (Å²) in [5.41, 5.74) is 13.4. The molecule has 1 aliphatic carbocycles. The number of anilines is 7. The van der Waals surface area contributed by atoms with Crippen molar-refractivity contribution in [3.63, 3.8) is 0 Å². The van der Waals surface area contributed by atoms with Gasteiger partial charge in [0.2, 0.25) is 11.0 Å². The Hall–Kier alpha value is -7.52. The standard InChI is InChI=1S/C51H45N6O9S2.C6H7N.C3H6O.2Na.O3S/c1-28-25-29(2)46(56-50(58)54-34-15-9-7-10-16-34)30(3)45(28)52-36-21-23-38-41(26-36)66-42-27-37(22-24-39(42)44(38)40-19-13-14-20-43(40)67(60,61)62)53-47-31(4)48(33(6)49(32(47)5)68(63,64)65)57-51(59)55-35-17-11-8-12-18-35;7-6-4-2-1-3-5-6;1-3(2)4;;;1-4(2)3/h7-24,26-27,52H,1-6H3,(H2,54,56,58)(H2,55,57,59)(H,60,61,62)(H,63,64,65);1-5H,7H2;1-2H3;;;/q-1;;;2*+1;/p-1/i;;1D;;;. The van der Waals surface area contributed by atoms with E-state index in [1.165, 1.54) is 32.9 Å². The van der Waals surface area contributed by atoms with Crippen LogP contribution in [-0.2, 0) is 35.6 Å². The van der Waals surface area contributed by atoms with Crippen molar-refractivity contribution >= 4 is 105 Å². The summed E-state index contributed by atoms with van der Waals surface area (Å²) in [7, 11) is -13.1. The third-order valence-electron chi connectivity index (χ3n) is 12.3. The van der Waals surface area contributed by atoms with E-state index >= 15 is 0 Å². The van der Waals surface area contributed by atoms with Crippen molar-refractivity contribution in [2.75, 3.05) is 32.3 Å². The molecule has 1 heterocycles. The van der Waals surface area contributed by atoms with E-state index in [4.69, 9.17) is 24.1 Å². The average molecular weight is 1230 g/mol. The van der Waals surface area contributed by atoms with Gasteiger partial charge in [-0.1, -0.05) is 105 Å². The molecule has 0 saturated carbocycles. The molecule has 430 valence electrons. The van der Waals surface area contributed by atoms with Gasteiger partial charge in [-0.05, 0) is 101 Å². The molecule has 0 radical (unpaired) electrons. The van der Waals surface area contributed by atoms with Crippen LogP contribution in [0.25, 0.3) is 33.4 Å². The van der Waals surface area contributed by atoms with E-state index in [-0.39, 0.29) is 111 Å². The van der Waals surface area contributed by atoms with Crippen LogP contribution in [0, 0.1) is 47.6 Å². The number of urea groups is 2. The van der Waals surface area contributed by atoms with Crippen molar-refractivity contribution in [3.8, 4) is 22.5 Å². The van der Waals surface area contributed by atoms with Crippen LogP contribution in [-0.4, -0.2) is 56.4 Å². The van der Waals surface area contributed by atoms with Gasteiger partial charge in [0.1, 0.15) is 37.4 Å². The number of para-hydroxylation sites is 3. The minimum absolute atomic E-state index is 0. The summed E-state index contributed by atoms with van der Waals surface area (Å²) in [6, 6.07) is 45.4. The van der Waals surface area contributed by atoms with Gasteiger partial charge in [-0.25, -0.2) is 31.4 Å². The number of ketones is 1. The quantitative estimate of drug-likeness (QED) is 0.0336. The zero-order chi connectivity index (χ0) is 61.6. The molecule has 0 spiro atoms. The fourth-order valence-electron chi connectivity index (χ4n) is 8.98. The predicted molar refractivity (Wildman–Crippen MR) is 316 cm³/mol. The molecule has 9 rings (SSSR count). The van der Waals surface area contributed by atoms with Gasteiger partial charge >= 0.3 is 81.8 Å². The summed E-state index contributed by atoms with van der Waals surface area (Å²) in [6.45, 7) is 11.5. The number of rotatable bonds is 10. The number of nitrogen functional groups attached to an aromatic ring is 1. The number of carbonyl (C=O) groups excluding carboxylic acids is 3. The van der Waals surface area contributed by atoms with Gasteiger partial charge < -0.3 is 50.6 Å². The fraction of sp³-hybridized carbons (Fsp3) is 0.133. The third kappa shape index (κ3) is 19.0. The van der Waals surface area contributed by atoms with Crippen molar-refractivity contribution in [2.45, 2.75) is 65.2 Å². The number of hydrogen-bond acceptors (Lipinski definition) is 15. The minimum Gasteiger partial charge on any atom is -0.744 e. The second kappa shape index (κ2) is 31.0. The van der Waals surface area contributed by atoms with E-state index in [1.54, 1.807) is 97.9 Å². The summed E-state index contributed by atoms with van der Waals surface area (Å²) in [4.78, 5) is 38.2. The number of aryl methyl sites for hydroxylation is 2. The van der Waals surface area contributed by atoms with Gasteiger partial charge in [-0.15, -0.1) is 29.3 Å². The van der Waals surface area contributed by atoms with Gasteiger partial charge in [0.05, 0.1) is 21.5 Å². The molecule has 0 aromatic heterocycles. The molecule has 2 aliphatic rings. The van der Waals surface area contributed by atoms with Crippen LogP contribution in [0.4, 0.5) is 55.1 Å². The Morgan fingerprint density at radius 2 is 1.09 bits per heavy atom. The normalized spacial score (nSPS) is 11.0. The number of nitrogens with one attached hydrogen (secondary N) is 6. The molecule has 0 unspecified atom stereocenters. The Kier molecular flexibility index (Phi) is 24.9. The molecular weight excluding hydrogens is 1170 g/mol. The maximum Gasteiger partial charge on any atom is 1.00 e. The number of nitrogens with two attached hydrogens (primary N) is 1. The van der Waals surface area contributed by atoms with Crippen molar-refractivity contribution < 1.29 is 123 Å². The van der Waals surface area contributed by atoms with Crippen LogP contribution < -0.4 is 102 Å². The number of benzene rings is 8. The second-order valence-electron chi connectivity index (χ2n) is 18.5. The Labute approximate surface area is 539 Å². The third-order valence-corrected chi connectivity index (χ3v) is 14.3. The van der Waals surface area contributed by atoms with Gasteiger partial charge in [-0.3, -0.25) is 0 Å². The summed E-state index contributed by atoms with van der Waals surface area (Å²) in [6.07, 6.45) is 0. The summed E-state index contributed by atoms with van der Waals surface area (Å²) in [5, 5.41) is 15.5. The molecule has 1 aliphatic heterocycles. The Bertz CT molecular complexity index is 4330. The smallest absolute Gasteiger partial charge is 0.744 e. The SMILES string of the molecule is Cc1[c-]c(C)c(Nc2ccc3c(-c4ccccc4S(=O)(=O)[O-])c4ccc(=[NH+]c5c(C)c(NC(=O)Nc6ccccc6)c(C)c(S(=O)(=O)[O-])c5C)cc-4oc3c2)c(C)c1NC(=O)Nc1ccccc1.Nc1ccccc1.O=S(=O)=O.[2H]CC(C)=O.[Na+].[Na+]. The molecule has 0 saturated heterocycles. The number of Topliss-reactive ketones (excluding diaryl/α,β-unsaturated/α-hetero) is 1. The van der Waals surface area contributed by atoms with Crippen LogP contribution >= 0.6 is 0 Å². The van der Waals surface area contributed by atoms with Crippen LogP contribution in [0.15, 0.2) is 166 Å². The Morgan fingerprint density at radius 3 is 1.60 bits per heavy atom. The average Bonchev–Trinajstić information content (AvgIpc) is 0.831. The van der Waals surface area contributed by atoms with E-state index in [0.717, 1.165) is 22.4 Å². The molecule has 0 bridgehead atoms. The number of hydrogen-bond donors (Lipinski definition) is 7. The Balaban J connectivity index is 0.000000773. The van der Waals surface area contributed by atoms with Crippen molar-refractivity contribution in [1.29, 1.82) is 0 Å². The van der Waals surface area contributed by atoms with E-state index < -0.39 is 52.7 Å². The first-order chi connectivity index (χ1) is 39.7. The molecule has 0 atom stereocenters. The maximum absolute atomic E-state index is 13.2. The van der Waals surface area contributed by atoms with Crippen molar-refractivity contribution in [3.05, 3.63) is 196 Å². The zero-order valence-corrected chi connectivity index (χ0v) is 54.2. The van der Waals surface area contributed by atoms with Gasteiger partial charge in [-0.2, -0.15) is 6.07 Å². The number of amides is 4. The van der Waals surface area contributed by atoms with E-state index in [9.17, 15) is 40.3 Å². The molecule has 7 aromatic carbocycles. The summed E-state index contributed by atoms with van der Waals surface area (Å²) in [5.74, 6) is 0.157. The molecule has 4 amide bonds. The van der Waals surface area contributed by atoms with E-state index in [2.05, 4.69) is 37.6 Å². The molecule has 0 fully saturated rings. The van der Waals surface area contributed by atoms with E-state index in [0.29, 0.717) is 55.9 Å². The van der Waals surface area contributed by atoms with Crippen LogP contribution in [0.2, 0.25) is 0 Å². The molecular formula is C60H57N7Na2O13S3. The van der Waals surface area contributed by atoms with E-state index in [1.807, 2.05) is 69.3 Å². The molecule has 8 N–H and O–H groups in total. The fourth-order valence-corrected chi connectivity index (χ4v) is 10.6. The first-order valence-electron chi connectivity index (χ1n) is 25.6. The van der Waals surface area contributed by atoms with Crippen molar-refractivity contribution in [1.82, 2.24) is 0 Å². The monoisotopic (exact) mass is 1230 g/mol. The topological polar surface area (TPSA) is 330 Å². The summed E-state index contributed by atoms with van der Waals surface area (Å²) < 4.78 is 115. The molecule has 20 nitrogen and oxygen atoms in total. The molecule has 7 aromatic rings.